The van der Waals surface area contributed by atoms with E-state index in [4.69, 9.17) is 17.4 Å². The summed E-state index contributed by atoms with van der Waals surface area (Å²) in [6.07, 6.45) is -1.15. The van der Waals surface area contributed by atoms with Gasteiger partial charge in [0.25, 0.3) is 5.91 Å². The summed E-state index contributed by atoms with van der Waals surface area (Å²) in [7, 11) is 0. The second kappa shape index (κ2) is 9.71. The van der Waals surface area contributed by atoms with E-state index in [9.17, 15) is 22.8 Å². The summed E-state index contributed by atoms with van der Waals surface area (Å²) >= 11 is 6.51. The molecule has 2 N–H and O–H groups in total. The molecule has 7 nitrogen and oxygen atoms in total. The Morgan fingerprint density at radius 3 is 2.66 bits per heavy atom. The Morgan fingerprint density at radius 2 is 1.94 bits per heavy atom. The van der Waals surface area contributed by atoms with Gasteiger partial charge in [-0.2, -0.15) is 13.2 Å². The molecule has 2 aromatic carbocycles. The highest BCUT2D eigenvalue weighted by Crippen LogP contribution is 2.35. The lowest BCUT2D eigenvalue weighted by atomic mass is 10.1. The fourth-order valence-corrected chi connectivity index (χ4v) is 4.59. The molecule has 0 aliphatic carbocycles. The highest BCUT2D eigenvalue weighted by atomic mass is 35.5. The van der Waals surface area contributed by atoms with Crippen LogP contribution in [0, 0.1) is 0 Å². The summed E-state index contributed by atoms with van der Waals surface area (Å²) in [6, 6.07) is 8.77. The largest absolute Gasteiger partial charge is 0.416 e. The van der Waals surface area contributed by atoms with Gasteiger partial charge >= 0.3 is 6.18 Å². The van der Waals surface area contributed by atoms with Crippen LogP contribution >= 0.6 is 11.6 Å². The van der Waals surface area contributed by atoms with Crippen LogP contribution in [-0.4, -0.2) is 39.4 Å². The molecule has 1 saturated heterocycles. The van der Waals surface area contributed by atoms with Gasteiger partial charge in [-0.05, 0) is 55.7 Å². The quantitative estimate of drug-likeness (QED) is 0.235. The van der Waals surface area contributed by atoms with Crippen molar-refractivity contribution in [3.8, 4) is 0 Å². The molecule has 4 rings (SSSR count). The van der Waals surface area contributed by atoms with Crippen molar-refractivity contribution >= 4 is 40.4 Å². The number of nitrogens with two attached hydrogens (primary N) is 1. The molecule has 2 amide bonds. The van der Waals surface area contributed by atoms with Crippen molar-refractivity contribution in [3.05, 3.63) is 71.3 Å². The number of rotatable bonds is 4. The van der Waals surface area contributed by atoms with Gasteiger partial charge < -0.3 is 9.47 Å². The van der Waals surface area contributed by atoms with Crippen molar-refractivity contribution in [1.29, 1.82) is 0 Å². The topological polar surface area (TPSA) is 84.5 Å². The second-order valence-corrected chi connectivity index (χ2v) is 8.69. The molecule has 184 valence electrons. The van der Waals surface area contributed by atoms with Crippen LogP contribution in [0.5, 0.6) is 0 Å². The molecule has 0 saturated carbocycles. The Bertz CT molecular complexity index is 1290. The third-order valence-electron chi connectivity index (χ3n) is 6.01. The fraction of sp³-hybridized carbons (Fsp3) is 0.292. The number of carbonyl (C=O) groups excluding carboxylic acids is 2. The molecule has 1 aromatic heterocycles. The number of nitrogens with zero attached hydrogens (tertiary/aromatic N) is 4. The average Bonchev–Trinajstić information content (AvgIpc) is 3.07. The lowest BCUT2D eigenvalue weighted by Crippen LogP contribution is -2.41. The molecular formula is C24H23ClF3N5O2. The van der Waals surface area contributed by atoms with Crippen LogP contribution in [-0.2, 0) is 11.0 Å². The Hall–Kier alpha value is -3.37. The number of alkyl halides is 3. The number of halogens is 4. The molecule has 3 aromatic rings. The van der Waals surface area contributed by atoms with Crippen molar-refractivity contribution in [2.45, 2.75) is 31.5 Å². The third kappa shape index (κ3) is 4.89. The summed E-state index contributed by atoms with van der Waals surface area (Å²) < 4.78 is 41.3. The van der Waals surface area contributed by atoms with E-state index in [1.54, 1.807) is 27.7 Å². The van der Waals surface area contributed by atoms with E-state index in [2.05, 4.69) is 11.6 Å². The smallest absolute Gasteiger partial charge is 0.337 e. The van der Waals surface area contributed by atoms with Gasteiger partial charge in [0.1, 0.15) is 0 Å². The van der Waals surface area contributed by atoms with E-state index >= 15 is 0 Å². The lowest BCUT2D eigenvalue weighted by molar-refractivity contribution is -0.137. The highest BCUT2D eigenvalue weighted by Gasteiger charge is 2.33. The predicted molar refractivity (Wildman–Crippen MR) is 127 cm³/mol. The predicted octanol–water partition coefficient (Wildman–Crippen LogP) is 4.97. The maximum absolute atomic E-state index is 13.2. The van der Waals surface area contributed by atoms with E-state index in [0.29, 0.717) is 35.6 Å². The van der Waals surface area contributed by atoms with Crippen molar-refractivity contribution < 1.29 is 22.8 Å². The molecule has 11 heteroatoms. The number of anilines is 1. The van der Waals surface area contributed by atoms with Gasteiger partial charge in [0.2, 0.25) is 11.9 Å². The monoisotopic (exact) mass is 505 g/mol. The first-order chi connectivity index (χ1) is 16.6. The minimum Gasteiger partial charge on any atom is -0.337 e. The molecule has 1 aliphatic heterocycles. The average molecular weight is 506 g/mol. The Morgan fingerprint density at radius 1 is 1.20 bits per heavy atom. The van der Waals surface area contributed by atoms with Gasteiger partial charge in [0, 0.05) is 18.7 Å². The van der Waals surface area contributed by atoms with Crippen molar-refractivity contribution in [2.24, 2.45) is 5.84 Å². The summed E-state index contributed by atoms with van der Waals surface area (Å²) in [5.41, 5.74) is -0.216. The highest BCUT2D eigenvalue weighted by molar-refractivity contribution is 6.35. The van der Waals surface area contributed by atoms with E-state index in [-0.39, 0.29) is 23.5 Å². The maximum Gasteiger partial charge on any atom is 0.416 e. The SMILES string of the molecule is C=CC(=O)N1CCCC[C@@H](n2c(N(N)C(=O)c3cccc(C(F)(F)F)c3)nc3cccc(Cl)c32)C1. The molecule has 35 heavy (non-hydrogen) atoms. The number of hydrazine groups is 1. The number of carbonyl (C=O) groups is 2. The van der Waals surface area contributed by atoms with Crippen molar-refractivity contribution in [3.63, 3.8) is 0 Å². The number of likely N-dealkylation sites (tertiary alicyclic amines) is 1. The molecule has 0 spiro atoms. The van der Waals surface area contributed by atoms with Crippen LogP contribution in [0.15, 0.2) is 55.1 Å². The Kier molecular flexibility index (Phi) is 6.86. The molecule has 1 atom stereocenters. The zero-order valence-corrected chi connectivity index (χ0v) is 19.4. The number of aromatic nitrogens is 2. The molecule has 0 bridgehead atoms. The normalized spacial score (nSPS) is 16.7. The zero-order chi connectivity index (χ0) is 25.3. The van der Waals surface area contributed by atoms with E-state index in [1.807, 2.05) is 0 Å². The zero-order valence-electron chi connectivity index (χ0n) is 18.6. The first-order valence-corrected chi connectivity index (χ1v) is 11.3. The number of para-hydroxylation sites is 1. The van der Waals surface area contributed by atoms with Crippen molar-refractivity contribution in [2.75, 3.05) is 18.1 Å². The number of imidazole rings is 1. The maximum atomic E-state index is 13.2. The van der Waals surface area contributed by atoms with Gasteiger partial charge in [-0.1, -0.05) is 30.3 Å². The number of hydrogen-bond acceptors (Lipinski definition) is 4. The van der Waals surface area contributed by atoms with Crippen LogP contribution < -0.4 is 10.9 Å². The van der Waals surface area contributed by atoms with Gasteiger partial charge in [0.05, 0.1) is 27.7 Å². The summed E-state index contributed by atoms with van der Waals surface area (Å²) in [6.45, 7) is 4.41. The molecule has 1 fully saturated rings. The second-order valence-electron chi connectivity index (χ2n) is 8.28. The number of fused-ring (bicyclic) bond motifs is 1. The molecular weight excluding hydrogens is 483 g/mol. The van der Waals surface area contributed by atoms with E-state index in [0.717, 1.165) is 36.0 Å². The summed E-state index contributed by atoms with van der Waals surface area (Å²) in [5.74, 6) is 5.12. The number of benzene rings is 2. The van der Waals surface area contributed by atoms with Crippen LogP contribution in [0.1, 0.15) is 41.2 Å². The summed E-state index contributed by atoms with van der Waals surface area (Å²) in [5, 5.41) is 1.10. The first kappa shape index (κ1) is 24.7. The third-order valence-corrected chi connectivity index (χ3v) is 6.32. The molecule has 0 radical (unpaired) electrons. The van der Waals surface area contributed by atoms with Crippen LogP contribution in [0.25, 0.3) is 11.0 Å². The van der Waals surface area contributed by atoms with Gasteiger partial charge in [-0.3, -0.25) is 9.59 Å². The Labute approximate surface area is 204 Å². The molecule has 2 heterocycles. The van der Waals surface area contributed by atoms with Crippen molar-refractivity contribution in [1.82, 2.24) is 14.5 Å². The van der Waals surface area contributed by atoms with E-state index in [1.165, 1.54) is 12.1 Å². The number of amides is 2. The first-order valence-electron chi connectivity index (χ1n) is 11.0. The van der Waals surface area contributed by atoms with Crippen LogP contribution in [0.3, 0.4) is 0 Å². The van der Waals surface area contributed by atoms with Gasteiger partial charge in [-0.25, -0.2) is 15.8 Å². The standard InChI is InChI=1S/C24H23ClF3N5O2/c1-2-20(34)31-12-4-3-9-17(14-31)32-21-18(25)10-6-11-19(21)30-23(32)33(29)22(35)15-7-5-8-16(13-15)24(26,27)28/h2,5-8,10-11,13,17H,1,3-4,9,12,14,29H2/t17-/m1/s1. The van der Waals surface area contributed by atoms with Crippen LogP contribution in [0.4, 0.5) is 19.1 Å². The lowest BCUT2D eigenvalue weighted by Gasteiger charge is -2.28. The Balaban J connectivity index is 1.80. The van der Waals surface area contributed by atoms with Gasteiger partial charge in [-0.15, -0.1) is 0 Å². The minimum atomic E-state index is -4.61. The minimum absolute atomic E-state index is 0.0217. The molecule has 1 aliphatic rings. The van der Waals surface area contributed by atoms with Gasteiger partial charge in [0.15, 0.2) is 0 Å². The van der Waals surface area contributed by atoms with E-state index < -0.39 is 17.6 Å². The number of hydrogen-bond donors (Lipinski definition) is 1. The molecule has 0 unspecified atom stereocenters. The van der Waals surface area contributed by atoms with Crippen LogP contribution in [0.2, 0.25) is 5.02 Å². The summed E-state index contributed by atoms with van der Waals surface area (Å²) in [4.78, 5) is 31.7. The fourth-order valence-electron chi connectivity index (χ4n) is 4.33.